The summed E-state index contributed by atoms with van der Waals surface area (Å²) in [4.78, 5) is 17.2. The molecule has 0 saturated carbocycles. The summed E-state index contributed by atoms with van der Waals surface area (Å²) in [6, 6.07) is 19.7. The fourth-order valence-electron chi connectivity index (χ4n) is 3.95. The molecule has 0 fully saturated rings. The molecular weight excluding hydrogens is 417 g/mol. The number of halogens is 1. The lowest BCUT2D eigenvalue weighted by Gasteiger charge is -2.11. The van der Waals surface area contributed by atoms with E-state index in [0.717, 1.165) is 42.0 Å². The molecular formula is C27H28FN3O2. The van der Waals surface area contributed by atoms with Crippen molar-refractivity contribution in [2.24, 2.45) is 0 Å². The van der Waals surface area contributed by atoms with E-state index in [1.54, 1.807) is 0 Å². The minimum Gasteiger partial charge on any atom is -0.494 e. The van der Waals surface area contributed by atoms with E-state index in [-0.39, 0.29) is 11.7 Å². The van der Waals surface area contributed by atoms with Gasteiger partial charge in [-0.15, -0.1) is 0 Å². The second kappa shape index (κ2) is 10.3. The molecule has 0 spiro atoms. The maximum atomic E-state index is 13.1. The highest BCUT2D eigenvalue weighted by Gasteiger charge is 2.12. The predicted molar refractivity (Wildman–Crippen MR) is 128 cm³/mol. The summed E-state index contributed by atoms with van der Waals surface area (Å²) in [5.74, 6) is 1.08. The molecule has 1 N–H and O–H groups in total. The van der Waals surface area contributed by atoms with Gasteiger partial charge in [0, 0.05) is 12.1 Å². The average Bonchev–Trinajstić information content (AvgIpc) is 3.14. The van der Waals surface area contributed by atoms with Crippen LogP contribution in [0.5, 0.6) is 5.75 Å². The van der Waals surface area contributed by atoms with Gasteiger partial charge in [0.25, 0.3) is 5.91 Å². The van der Waals surface area contributed by atoms with E-state index in [1.807, 2.05) is 24.3 Å². The third-order valence-corrected chi connectivity index (χ3v) is 5.49. The van der Waals surface area contributed by atoms with E-state index < -0.39 is 0 Å². The molecule has 4 rings (SSSR count). The summed E-state index contributed by atoms with van der Waals surface area (Å²) in [5.41, 5.74) is 4.75. The number of hydrogen-bond acceptors (Lipinski definition) is 3. The Bertz CT molecular complexity index is 1230. The quantitative estimate of drug-likeness (QED) is 0.342. The molecule has 0 saturated heterocycles. The highest BCUT2D eigenvalue weighted by Crippen LogP contribution is 2.19. The molecule has 1 amide bonds. The number of nitrogens with zero attached hydrogens (tertiary/aromatic N) is 2. The van der Waals surface area contributed by atoms with Crippen molar-refractivity contribution < 1.29 is 13.9 Å². The molecule has 4 aromatic rings. The summed E-state index contributed by atoms with van der Waals surface area (Å²) >= 11 is 0. The molecule has 0 radical (unpaired) electrons. The zero-order valence-corrected chi connectivity index (χ0v) is 19.0. The molecule has 170 valence electrons. The van der Waals surface area contributed by atoms with Gasteiger partial charge in [0.1, 0.15) is 17.4 Å². The normalized spacial score (nSPS) is 11.0. The lowest BCUT2D eigenvalue weighted by molar-refractivity contribution is 0.0949. The summed E-state index contributed by atoms with van der Waals surface area (Å²) in [6.45, 7) is 5.86. The number of rotatable bonds is 9. The zero-order valence-electron chi connectivity index (χ0n) is 19.0. The van der Waals surface area contributed by atoms with Gasteiger partial charge in [0.2, 0.25) is 0 Å². The second-order valence-electron chi connectivity index (χ2n) is 8.24. The van der Waals surface area contributed by atoms with Crippen LogP contribution < -0.4 is 10.1 Å². The van der Waals surface area contributed by atoms with Gasteiger partial charge < -0.3 is 14.6 Å². The number of ether oxygens (including phenoxy) is 1. The number of hydrogen-bond donors (Lipinski definition) is 1. The van der Waals surface area contributed by atoms with Crippen molar-refractivity contribution in [1.82, 2.24) is 14.9 Å². The van der Waals surface area contributed by atoms with Gasteiger partial charge in [-0.25, -0.2) is 9.37 Å². The van der Waals surface area contributed by atoms with Crippen molar-refractivity contribution >= 4 is 16.9 Å². The molecule has 0 aliphatic carbocycles. The number of unbranched alkanes of at least 4 members (excludes halogenated alkanes) is 1. The maximum absolute atomic E-state index is 13.1. The first-order chi connectivity index (χ1) is 16.0. The number of amides is 1. The van der Waals surface area contributed by atoms with Crippen LogP contribution in [-0.2, 0) is 13.1 Å². The number of benzene rings is 3. The minimum atomic E-state index is -0.366. The van der Waals surface area contributed by atoms with Gasteiger partial charge >= 0.3 is 0 Å². The molecule has 0 unspecified atom stereocenters. The molecule has 0 atom stereocenters. The Balaban J connectivity index is 1.37. The Morgan fingerprint density at radius 2 is 1.73 bits per heavy atom. The fraction of sp³-hybridized carbons (Fsp3) is 0.259. The first kappa shape index (κ1) is 22.5. The molecule has 0 aliphatic heterocycles. The molecule has 0 bridgehead atoms. The van der Waals surface area contributed by atoms with Crippen LogP contribution in [0.3, 0.4) is 0 Å². The monoisotopic (exact) mass is 445 g/mol. The summed E-state index contributed by atoms with van der Waals surface area (Å²) in [7, 11) is 0. The van der Waals surface area contributed by atoms with Crippen molar-refractivity contribution in [2.45, 2.75) is 39.8 Å². The largest absolute Gasteiger partial charge is 0.494 e. The Morgan fingerprint density at radius 1 is 1.00 bits per heavy atom. The standard InChI is InChI=1S/C27H28FN3O2/c1-19-15-20(2)17-23(16-19)33-14-6-5-13-31-25-8-4-3-7-24(25)30-26(31)18-29-27(32)21-9-11-22(28)12-10-21/h3-4,7-12,15-17H,5-6,13-14,18H2,1-2H3,(H,29,32). The van der Waals surface area contributed by atoms with Crippen LogP contribution in [0.2, 0.25) is 0 Å². The number of aryl methyl sites for hydroxylation is 3. The SMILES string of the molecule is Cc1cc(C)cc(OCCCCn2c(CNC(=O)c3ccc(F)cc3)nc3ccccc32)c1. The number of para-hydroxylation sites is 2. The van der Waals surface area contributed by atoms with E-state index in [9.17, 15) is 9.18 Å². The lowest BCUT2D eigenvalue weighted by atomic mass is 10.1. The van der Waals surface area contributed by atoms with Crippen molar-refractivity contribution in [2.75, 3.05) is 6.61 Å². The van der Waals surface area contributed by atoms with E-state index >= 15 is 0 Å². The molecule has 3 aromatic carbocycles. The zero-order chi connectivity index (χ0) is 23.2. The van der Waals surface area contributed by atoms with Crippen molar-refractivity contribution in [3.8, 4) is 5.75 Å². The van der Waals surface area contributed by atoms with Gasteiger partial charge in [-0.2, -0.15) is 0 Å². The molecule has 1 aromatic heterocycles. The van der Waals surface area contributed by atoms with Crippen molar-refractivity contribution in [3.05, 3.63) is 95.1 Å². The van der Waals surface area contributed by atoms with Crippen LogP contribution in [0, 0.1) is 19.7 Å². The third-order valence-electron chi connectivity index (χ3n) is 5.49. The van der Waals surface area contributed by atoms with Crippen LogP contribution in [0.15, 0.2) is 66.7 Å². The van der Waals surface area contributed by atoms with Crippen LogP contribution >= 0.6 is 0 Å². The number of aromatic nitrogens is 2. The highest BCUT2D eigenvalue weighted by atomic mass is 19.1. The number of carbonyl (C=O) groups excluding carboxylic acids is 1. The van der Waals surface area contributed by atoms with E-state index in [2.05, 4.69) is 41.9 Å². The first-order valence-electron chi connectivity index (χ1n) is 11.2. The Hall–Kier alpha value is -3.67. The topological polar surface area (TPSA) is 56.1 Å². The van der Waals surface area contributed by atoms with Gasteiger partial charge in [-0.3, -0.25) is 4.79 Å². The van der Waals surface area contributed by atoms with Gasteiger partial charge in [-0.05, 0) is 86.3 Å². The number of imidazole rings is 1. The maximum Gasteiger partial charge on any atom is 0.251 e. The first-order valence-corrected chi connectivity index (χ1v) is 11.2. The Kier molecular flexibility index (Phi) is 7.03. The minimum absolute atomic E-state index is 0.254. The summed E-state index contributed by atoms with van der Waals surface area (Å²) in [5, 5.41) is 2.90. The van der Waals surface area contributed by atoms with Crippen LogP contribution in [0.4, 0.5) is 4.39 Å². The predicted octanol–water partition coefficient (Wildman–Crippen LogP) is 5.58. The third kappa shape index (κ3) is 5.77. The van der Waals surface area contributed by atoms with Crippen LogP contribution in [-0.4, -0.2) is 22.1 Å². The van der Waals surface area contributed by atoms with E-state index in [4.69, 9.17) is 9.72 Å². The Morgan fingerprint density at radius 3 is 2.48 bits per heavy atom. The Labute approximate surface area is 193 Å². The highest BCUT2D eigenvalue weighted by molar-refractivity contribution is 5.94. The second-order valence-corrected chi connectivity index (χ2v) is 8.24. The molecule has 6 heteroatoms. The number of fused-ring (bicyclic) bond motifs is 1. The number of nitrogens with one attached hydrogen (secondary N) is 1. The van der Waals surface area contributed by atoms with E-state index in [0.29, 0.717) is 18.7 Å². The van der Waals surface area contributed by atoms with Gasteiger partial charge in [0.05, 0.1) is 24.2 Å². The molecule has 5 nitrogen and oxygen atoms in total. The number of carbonyl (C=O) groups is 1. The lowest BCUT2D eigenvalue weighted by Crippen LogP contribution is -2.24. The smallest absolute Gasteiger partial charge is 0.251 e. The van der Waals surface area contributed by atoms with Crippen LogP contribution in [0.1, 0.15) is 40.2 Å². The molecule has 33 heavy (non-hydrogen) atoms. The fourth-order valence-corrected chi connectivity index (χ4v) is 3.95. The van der Waals surface area contributed by atoms with Crippen molar-refractivity contribution in [1.29, 1.82) is 0 Å². The van der Waals surface area contributed by atoms with E-state index in [1.165, 1.54) is 35.4 Å². The van der Waals surface area contributed by atoms with Gasteiger partial charge in [0.15, 0.2) is 0 Å². The van der Waals surface area contributed by atoms with Crippen LogP contribution in [0.25, 0.3) is 11.0 Å². The van der Waals surface area contributed by atoms with Crippen molar-refractivity contribution in [3.63, 3.8) is 0 Å². The average molecular weight is 446 g/mol. The molecule has 1 heterocycles. The summed E-state index contributed by atoms with van der Waals surface area (Å²) in [6.07, 6.45) is 1.82. The summed E-state index contributed by atoms with van der Waals surface area (Å²) < 4.78 is 21.2. The van der Waals surface area contributed by atoms with Gasteiger partial charge in [-0.1, -0.05) is 18.2 Å². The molecule has 0 aliphatic rings.